The summed E-state index contributed by atoms with van der Waals surface area (Å²) in [5.41, 5.74) is 0.0632. The molecule has 0 aromatic rings. The van der Waals surface area contributed by atoms with Gasteiger partial charge in [0.1, 0.15) is 5.60 Å². The second-order valence-electron chi connectivity index (χ2n) is 9.41. The zero-order chi connectivity index (χ0) is 16.9. The molecule has 136 valence electrons. The first-order chi connectivity index (χ1) is 11.3. The number of likely N-dealkylation sites (tertiary alicyclic amines) is 2. The third-order valence-electron chi connectivity index (χ3n) is 6.56. The standard InChI is InChI=1S/C19H32N2O3/c1-18(2,3)24-17(22)20-8-6-19(7-9-20)5-4-14(11-19)21-12-16-10-15(21)13-23-16/h14-16H,4-13H2,1-3H3/t14?,15-,16-/m1/s1. The van der Waals surface area contributed by atoms with Crippen LogP contribution in [-0.4, -0.2) is 65.9 Å². The molecular formula is C19H32N2O3. The maximum absolute atomic E-state index is 12.3. The van der Waals surface area contributed by atoms with Gasteiger partial charge in [-0.05, 0) is 64.7 Å². The van der Waals surface area contributed by atoms with Crippen LogP contribution in [0.4, 0.5) is 4.79 Å². The van der Waals surface area contributed by atoms with E-state index >= 15 is 0 Å². The van der Waals surface area contributed by atoms with Gasteiger partial charge in [-0.15, -0.1) is 0 Å². The summed E-state index contributed by atoms with van der Waals surface area (Å²) in [6.45, 7) is 9.62. The van der Waals surface area contributed by atoms with Gasteiger partial charge in [0.15, 0.2) is 0 Å². The van der Waals surface area contributed by atoms with E-state index in [4.69, 9.17) is 9.47 Å². The van der Waals surface area contributed by atoms with Crippen LogP contribution in [-0.2, 0) is 9.47 Å². The van der Waals surface area contributed by atoms with Gasteiger partial charge in [-0.3, -0.25) is 4.90 Å². The predicted octanol–water partition coefficient (Wildman–Crippen LogP) is 3.03. The van der Waals surface area contributed by atoms with Crippen molar-refractivity contribution in [1.82, 2.24) is 9.80 Å². The predicted molar refractivity (Wildman–Crippen MR) is 92.0 cm³/mol. The minimum atomic E-state index is -0.401. The summed E-state index contributed by atoms with van der Waals surface area (Å²) in [5, 5.41) is 0. The molecule has 4 fully saturated rings. The average Bonchev–Trinajstić information content (AvgIpc) is 3.21. The van der Waals surface area contributed by atoms with E-state index in [1.165, 1.54) is 25.7 Å². The van der Waals surface area contributed by atoms with Crippen molar-refractivity contribution in [3.8, 4) is 0 Å². The summed E-state index contributed by atoms with van der Waals surface area (Å²) in [4.78, 5) is 16.9. The van der Waals surface area contributed by atoms with Crippen molar-refractivity contribution in [3.05, 3.63) is 0 Å². The van der Waals surface area contributed by atoms with Crippen molar-refractivity contribution in [2.24, 2.45) is 5.41 Å². The SMILES string of the molecule is CC(C)(C)OC(=O)N1CCC2(CCC(N3C[C@H]4C[C@@H]3CO4)C2)CC1. The molecule has 0 N–H and O–H groups in total. The van der Waals surface area contributed by atoms with E-state index < -0.39 is 5.60 Å². The van der Waals surface area contributed by atoms with Crippen molar-refractivity contribution in [3.63, 3.8) is 0 Å². The van der Waals surface area contributed by atoms with Crippen molar-refractivity contribution >= 4 is 6.09 Å². The van der Waals surface area contributed by atoms with Gasteiger partial charge in [0, 0.05) is 31.7 Å². The largest absolute Gasteiger partial charge is 0.444 e. The lowest BCUT2D eigenvalue weighted by Crippen LogP contribution is -2.46. The van der Waals surface area contributed by atoms with Crippen molar-refractivity contribution in [1.29, 1.82) is 0 Å². The van der Waals surface area contributed by atoms with Gasteiger partial charge in [0.25, 0.3) is 0 Å². The second kappa shape index (κ2) is 5.87. The number of amides is 1. The Hall–Kier alpha value is -0.810. The van der Waals surface area contributed by atoms with Crippen molar-refractivity contribution < 1.29 is 14.3 Å². The first-order valence-electron chi connectivity index (χ1n) is 9.69. The monoisotopic (exact) mass is 336 g/mol. The number of fused-ring (bicyclic) bond motifs is 2. The molecule has 0 aromatic carbocycles. The van der Waals surface area contributed by atoms with Crippen LogP contribution in [0.1, 0.15) is 59.3 Å². The number of rotatable bonds is 1. The Kier molecular flexibility index (Phi) is 4.07. The van der Waals surface area contributed by atoms with E-state index in [-0.39, 0.29) is 6.09 Å². The molecule has 24 heavy (non-hydrogen) atoms. The first-order valence-corrected chi connectivity index (χ1v) is 9.69. The zero-order valence-corrected chi connectivity index (χ0v) is 15.4. The number of ether oxygens (including phenoxy) is 2. The molecule has 1 saturated carbocycles. The Labute approximate surface area is 145 Å². The molecule has 4 rings (SSSR count). The first kappa shape index (κ1) is 16.6. The van der Waals surface area contributed by atoms with Crippen LogP contribution in [0.5, 0.6) is 0 Å². The Morgan fingerprint density at radius 1 is 1.17 bits per heavy atom. The number of carbonyl (C=O) groups is 1. The molecule has 1 unspecified atom stereocenters. The third-order valence-corrected chi connectivity index (χ3v) is 6.56. The Balaban J connectivity index is 1.30. The van der Waals surface area contributed by atoms with Crippen LogP contribution in [0, 0.1) is 5.41 Å². The van der Waals surface area contributed by atoms with Gasteiger partial charge < -0.3 is 14.4 Å². The molecule has 2 bridgehead atoms. The van der Waals surface area contributed by atoms with Gasteiger partial charge >= 0.3 is 6.09 Å². The van der Waals surface area contributed by atoms with E-state index in [9.17, 15) is 4.79 Å². The molecule has 5 heteroatoms. The summed E-state index contributed by atoms with van der Waals surface area (Å²) in [6, 6.07) is 1.42. The fraction of sp³-hybridized carbons (Fsp3) is 0.947. The Bertz CT molecular complexity index is 493. The lowest BCUT2D eigenvalue weighted by molar-refractivity contribution is 0.00140. The van der Waals surface area contributed by atoms with E-state index in [1.54, 1.807) is 0 Å². The van der Waals surface area contributed by atoms with Crippen LogP contribution in [0.3, 0.4) is 0 Å². The lowest BCUT2D eigenvalue weighted by Gasteiger charge is -2.41. The smallest absolute Gasteiger partial charge is 0.410 e. The summed E-state index contributed by atoms with van der Waals surface area (Å²) in [5.74, 6) is 0. The van der Waals surface area contributed by atoms with Crippen LogP contribution < -0.4 is 0 Å². The van der Waals surface area contributed by atoms with Gasteiger partial charge in [-0.2, -0.15) is 0 Å². The van der Waals surface area contributed by atoms with Crippen LogP contribution >= 0.6 is 0 Å². The minimum Gasteiger partial charge on any atom is -0.444 e. The van der Waals surface area contributed by atoms with Crippen LogP contribution in [0.25, 0.3) is 0 Å². The summed E-state index contributed by atoms with van der Waals surface area (Å²) < 4.78 is 11.3. The minimum absolute atomic E-state index is 0.138. The molecule has 0 radical (unpaired) electrons. The molecule has 3 atom stereocenters. The van der Waals surface area contributed by atoms with E-state index in [2.05, 4.69) is 4.90 Å². The van der Waals surface area contributed by atoms with Gasteiger partial charge in [0.2, 0.25) is 0 Å². The van der Waals surface area contributed by atoms with Gasteiger partial charge in [0.05, 0.1) is 12.7 Å². The molecule has 3 aliphatic heterocycles. The van der Waals surface area contributed by atoms with Gasteiger partial charge in [-0.25, -0.2) is 4.79 Å². The highest BCUT2D eigenvalue weighted by atomic mass is 16.6. The number of hydrogen-bond acceptors (Lipinski definition) is 4. The van der Waals surface area contributed by atoms with E-state index in [0.29, 0.717) is 17.6 Å². The normalized spacial score (nSPS) is 35.8. The highest BCUT2D eigenvalue weighted by Gasteiger charge is 2.49. The molecule has 3 heterocycles. The third kappa shape index (κ3) is 3.17. The molecule has 0 aromatic heterocycles. The maximum Gasteiger partial charge on any atom is 0.410 e. The highest BCUT2D eigenvalue weighted by Crippen LogP contribution is 2.49. The molecule has 1 aliphatic carbocycles. The molecular weight excluding hydrogens is 304 g/mol. The average molecular weight is 336 g/mol. The summed E-state index contributed by atoms with van der Waals surface area (Å²) in [7, 11) is 0. The fourth-order valence-electron chi connectivity index (χ4n) is 5.28. The van der Waals surface area contributed by atoms with E-state index in [1.807, 2.05) is 25.7 Å². The molecule has 5 nitrogen and oxygen atoms in total. The topological polar surface area (TPSA) is 42.0 Å². The summed E-state index contributed by atoms with van der Waals surface area (Å²) in [6.07, 6.45) is 7.86. The second-order valence-corrected chi connectivity index (χ2v) is 9.41. The number of carbonyl (C=O) groups excluding carboxylic acids is 1. The number of hydrogen-bond donors (Lipinski definition) is 0. The molecule has 4 aliphatic rings. The zero-order valence-electron chi connectivity index (χ0n) is 15.4. The maximum atomic E-state index is 12.3. The molecule has 3 saturated heterocycles. The highest BCUT2D eigenvalue weighted by molar-refractivity contribution is 5.68. The van der Waals surface area contributed by atoms with Crippen molar-refractivity contribution in [2.45, 2.75) is 83.1 Å². The number of piperidine rings is 1. The quantitative estimate of drug-likeness (QED) is 0.738. The van der Waals surface area contributed by atoms with E-state index in [0.717, 1.165) is 45.1 Å². The molecule has 1 spiro atoms. The van der Waals surface area contributed by atoms with Crippen molar-refractivity contribution in [2.75, 3.05) is 26.2 Å². The van der Waals surface area contributed by atoms with Gasteiger partial charge in [-0.1, -0.05) is 0 Å². The van der Waals surface area contributed by atoms with Crippen LogP contribution in [0.15, 0.2) is 0 Å². The number of nitrogens with zero attached hydrogens (tertiary/aromatic N) is 2. The van der Waals surface area contributed by atoms with Crippen LogP contribution in [0.2, 0.25) is 0 Å². The lowest BCUT2D eigenvalue weighted by atomic mass is 9.77. The molecule has 1 amide bonds. The number of morpholine rings is 1. The summed E-state index contributed by atoms with van der Waals surface area (Å²) >= 11 is 0. The Morgan fingerprint density at radius 3 is 2.50 bits per heavy atom. The Morgan fingerprint density at radius 2 is 1.92 bits per heavy atom. The fourth-order valence-corrected chi connectivity index (χ4v) is 5.28.